The first-order valence-electron chi connectivity index (χ1n) is 9.31. The smallest absolute Gasteiger partial charge is 0.226 e. The number of nitrogens with one attached hydrogen (secondary N) is 1. The molecular weight excluding hydrogens is 351 g/mol. The molecule has 1 saturated carbocycles. The molecule has 1 atom stereocenters. The molecule has 1 unspecified atom stereocenters. The van der Waals surface area contributed by atoms with Crippen molar-refractivity contribution in [2.24, 2.45) is 5.92 Å². The van der Waals surface area contributed by atoms with Crippen LogP contribution in [0.5, 0.6) is 0 Å². The van der Waals surface area contributed by atoms with Gasteiger partial charge in [-0.05, 0) is 31.9 Å². The van der Waals surface area contributed by atoms with E-state index in [-0.39, 0.29) is 30.2 Å². The zero-order valence-corrected chi connectivity index (χ0v) is 15.2. The van der Waals surface area contributed by atoms with Gasteiger partial charge in [0.2, 0.25) is 11.8 Å². The molecular formula is C19H23FN4O3. The Morgan fingerprint density at radius 1 is 1.37 bits per heavy atom. The SMILES string of the molecule is CC1c2nc(CC(=O)NCc3ccco3)cn2CCN1C(=O)C1CC(F)C1. The summed E-state index contributed by atoms with van der Waals surface area (Å²) in [6, 6.07) is 3.40. The predicted octanol–water partition coefficient (Wildman–Crippen LogP) is 1.99. The van der Waals surface area contributed by atoms with Crippen molar-refractivity contribution in [1.82, 2.24) is 19.8 Å². The van der Waals surface area contributed by atoms with Gasteiger partial charge in [0.15, 0.2) is 0 Å². The van der Waals surface area contributed by atoms with E-state index in [1.807, 2.05) is 17.7 Å². The van der Waals surface area contributed by atoms with Gasteiger partial charge in [0.1, 0.15) is 17.8 Å². The highest BCUT2D eigenvalue weighted by atomic mass is 19.1. The first-order chi connectivity index (χ1) is 13.0. The van der Waals surface area contributed by atoms with Crippen molar-refractivity contribution in [3.63, 3.8) is 0 Å². The van der Waals surface area contributed by atoms with Gasteiger partial charge in [-0.1, -0.05) is 0 Å². The number of aromatic nitrogens is 2. The number of carbonyl (C=O) groups is 2. The average molecular weight is 374 g/mol. The summed E-state index contributed by atoms with van der Waals surface area (Å²) >= 11 is 0. The number of halogens is 1. The van der Waals surface area contributed by atoms with Crippen LogP contribution in [0.3, 0.4) is 0 Å². The van der Waals surface area contributed by atoms with E-state index in [2.05, 4.69) is 10.3 Å². The Morgan fingerprint density at radius 2 is 2.19 bits per heavy atom. The van der Waals surface area contributed by atoms with Gasteiger partial charge in [-0.3, -0.25) is 9.59 Å². The number of amides is 2. The van der Waals surface area contributed by atoms with Crippen molar-refractivity contribution >= 4 is 11.8 Å². The van der Waals surface area contributed by atoms with Gasteiger partial charge in [-0.2, -0.15) is 0 Å². The second-order valence-corrected chi connectivity index (χ2v) is 7.29. The third kappa shape index (κ3) is 3.61. The maximum atomic E-state index is 13.1. The molecule has 2 amide bonds. The van der Waals surface area contributed by atoms with Gasteiger partial charge in [0.25, 0.3) is 0 Å². The fourth-order valence-corrected chi connectivity index (χ4v) is 3.74. The van der Waals surface area contributed by atoms with Crippen LogP contribution in [-0.4, -0.2) is 39.0 Å². The number of rotatable bonds is 5. The summed E-state index contributed by atoms with van der Waals surface area (Å²) in [6.45, 7) is 3.50. The molecule has 0 aromatic carbocycles. The van der Waals surface area contributed by atoms with Crippen LogP contribution in [0.4, 0.5) is 4.39 Å². The minimum Gasteiger partial charge on any atom is -0.467 e. The van der Waals surface area contributed by atoms with Crippen LogP contribution in [0, 0.1) is 5.92 Å². The minimum absolute atomic E-state index is 0.0170. The maximum absolute atomic E-state index is 13.1. The molecule has 2 aliphatic rings. The van der Waals surface area contributed by atoms with Crippen LogP contribution >= 0.6 is 0 Å². The third-order valence-corrected chi connectivity index (χ3v) is 5.37. The normalized spacial score (nSPS) is 24.2. The van der Waals surface area contributed by atoms with E-state index in [4.69, 9.17) is 4.42 Å². The summed E-state index contributed by atoms with van der Waals surface area (Å²) in [5, 5.41) is 2.80. The molecule has 3 heterocycles. The van der Waals surface area contributed by atoms with Crippen LogP contribution in [-0.2, 0) is 29.1 Å². The lowest BCUT2D eigenvalue weighted by Crippen LogP contribution is -2.47. The summed E-state index contributed by atoms with van der Waals surface area (Å²) < 4.78 is 20.3. The number of furan rings is 1. The predicted molar refractivity (Wildman–Crippen MR) is 94.2 cm³/mol. The van der Waals surface area contributed by atoms with Crippen molar-refractivity contribution < 1.29 is 18.4 Å². The number of alkyl halides is 1. The van der Waals surface area contributed by atoms with Crippen molar-refractivity contribution in [2.45, 2.75) is 51.5 Å². The van der Waals surface area contributed by atoms with Crippen LogP contribution in [0.1, 0.15) is 43.1 Å². The molecule has 0 radical (unpaired) electrons. The van der Waals surface area contributed by atoms with Gasteiger partial charge in [0, 0.05) is 25.2 Å². The first-order valence-corrected chi connectivity index (χ1v) is 9.31. The number of imidazole rings is 1. The zero-order valence-electron chi connectivity index (χ0n) is 15.2. The van der Waals surface area contributed by atoms with Gasteiger partial charge in [0.05, 0.1) is 31.0 Å². The van der Waals surface area contributed by atoms with Crippen LogP contribution in [0.15, 0.2) is 29.0 Å². The number of fused-ring (bicyclic) bond motifs is 1. The lowest BCUT2D eigenvalue weighted by Gasteiger charge is -2.39. The summed E-state index contributed by atoms with van der Waals surface area (Å²) in [4.78, 5) is 31.1. The van der Waals surface area contributed by atoms with E-state index in [1.54, 1.807) is 23.3 Å². The fraction of sp³-hybridized carbons (Fsp3) is 0.526. The highest BCUT2D eigenvalue weighted by Crippen LogP contribution is 2.35. The molecule has 144 valence electrons. The highest BCUT2D eigenvalue weighted by Gasteiger charge is 2.40. The Kier molecular flexibility index (Phi) is 4.72. The van der Waals surface area contributed by atoms with E-state index in [1.165, 1.54) is 0 Å². The Hall–Kier alpha value is -2.64. The van der Waals surface area contributed by atoms with E-state index < -0.39 is 6.17 Å². The molecule has 4 rings (SSSR count). The number of nitrogens with zero attached hydrogens (tertiary/aromatic N) is 3. The molecule has 1 fully saturated rings. The average Bonchev–Trinajstić information content (AvgIpc) is 3.26. The molecule has 1 aliphatic heterocycles. The third-order valence-electron chi connectivity index (χ3n) is 5.37. The standard InChI is InChI=1S/C19H23FN4O3/c1-12-18-22-15(9-17(25)21-10-16-3-2-6-27-16)11-23(18)4-5-24(12)19(26)13-7-14(20)8-13/h2-3,6,11-14H,4-5,7-10H2,1H3,(H,21,25). The van der Waals surface area contributed by atoms with Crippen LogP contribution in [0.25, 0.3) is 0 Å². The first kappa shape index (κ1) is 17.8. The summed E-state index contributed by atoms with van der Waals surface area (Å²) in [5.41, 5.74) is 0.676. The molecule has 0 spiro atoms. The van der Waals surface area contributed by atoms with Crippen LogP contribution < -0.4 is 5.32 Å². The van der Waals surface area contributed by atoms with E-state index in [9.17, 15) is 14.0 Å². The Balaban J connectivity index is 1.37. The topological polar surface area (TPSA) is 80.4 Å². The minimum atomic E-state index is -0.840. The van der Waals surface area contributed by atoms with Gasteiger partial charge < -0.3 is 19.2 Å². The quantitative estimate of drug-likeness (QED) is 0.868. The Bertz CT molecular complexity index is 826. The summed E-state index contributed by atoms with van der Waals surface area (Å²) in [6.07, 6.45) is 3.44. The van der Waals surface area contributed by atoms with Gasteiger partial charge in [-0.25, -0.2) is 9.37 Å². The molecule has 0 saturated heterocycles. The Labute approximate surface area is 156 Å². The molecule has 0 bridgehead atoms. The molecule has 8 heteroatoms. The molecule has 2 aromatic rings. The molecule has 7 nitrogen and oxygen atoms in total. The van der Waals surface area contributed by atoms with Gasteiger partial charge >= 0.3 is 0 Å². The zero-order chi connectivity index (χ0) is 19.0. The second kappa shape index (κ2) is 7.17. The largest absolute Gasteiger partial charge is 0.467 e. The number of hydrogen-bond acceptors (Lipinski definition) is 4. The fourth-order valence-electron chi connectivity index (χ4n) is 3.74. The molecule has 1 N–H and O–H groups in total. The number of hydrogen-bond donors (Lipinski definition) is 1. The lowest BCUT2D eigenvalue weighted by molar-refractivity contribution is -0.144. The molecule has 2 aromatic heterocycles. The highest BCUT2D eigenvalue weighted by molar-refractivity contribution is 5.80. The second-order valence-electron chi connectivity index (χ2n) is 7.29. The van der Waals surface area contributed by atoms with E-state index >= 15 is 0 Å². The number of carbonyl (C=O) groups excluding carboxylic acids is 2. The maximum Gasteiger partial charge on any atom is 0.226 e. The van der Waals surface area contributed by atoms with Crippen molar-refractivity contribution in [2.75, 3.05) is 6.54 Å². The summed E-state index contributed by atoms with van der Waals surface area (Å²) in [5.74, 6) is 1.16. The lowest BCUT2D eigenvalue weighted by atomic mass is 9.82. The van der Waals surface area contributed by atoms with Gasteiger partial charge in [-0.15, -0.1) is 0 Å². The summed E-state index contributed by atoms with van der Waals surface area (Å²) in [7, 11) is 0. The monoisotopic (exact) mass is 374 g/mol. The van der Waals surface area contributed by atoms with E-state index in [0.717, 1.165) is 5.82 Å². The molecule has 1 aliphatic carbocycles. The Morgan fingerprint density at radius 3 is 2.89 bits per heavy atom. The van der Waals surface area contributed by atoms with Crippen LogP contribution in [0.2, 0.25) is 0 Å². The van der Waals surface area contributed by atoms with Crippen molar-refractivity contribution in [3.05, 3.63) is 41.9 Å². The molecule has 27 heavy (non-hydrogen) atoms. The van der Waals surface area contributed by atoms with Crippen molar-refractivity contribution in [3.8, 4) is 0 Å². The van der Waals surface area contributed by atoms with Crippen molar-refractivity contribution in [1.29, 1.82) is 0 Å². The van der Waals surface area contributed by atoms with E-state index in [0.29, 0.717) is 43.9 Å².